The summed E-state index contributed by atoms with van der Waals surface area (Å²) in [6, 6.07) is 8.02. The van der Waals surface area contributed by atoms with Crippen LogP contribution in [0, 0.1) is 18.8 Å². The number of aliphatic hydroxyl groups is 1. The van der Waals surface area contributed by atoms with Gasteiger partial charge in [0.15, 0.2) is 0 Å². The average Bonchev–Trinajstić information content (AvgIpc) is 3.48. The second-order valence-electron chi connectivity index (χ2n) is 8.18. The summed E-state index contributed by atoms with van der Waals surface area (Å²) in [6.07, 6.45) is 4.30. The molecule has 1 saturated carbocycles. The number of nitrogens with zero attached hydrogens (tertiary/aromatic N) is 2. The molecule has 2 aromatic rings. The van der Waals surface area contributed by atoms with Crippen LogP contribution in [-0.4, -0.2) is 16.0 Å². The number of aryl methyl sites for hydroxylation is 2. The number of carbonyl (C=O) groups excluding carboxylic acids is 1. The summed E-state index contributed by atoms with van der Waals surface area (Å²) in [5.41, 5.74) is 3.78. The van der Waals surface area contributed by atoms with Gasteiger partial charge in [0.1, 0.15) is 11.4 Å². The molecule has 29 heavy (non-hydrogen) atoms. The number of rotatable bonds is 3. The standard InChI is InChI=1S/C24H25BrN2O2/c1-4-5-6-22(28)27(20-13-15(2)19(25)14-18(20)16-7-8-16)21-10-9-17-11-12-24(3,29)23(17)26-21/h9-10,13-14,16,29H,4,7-8,11-12H2,1-3H3. The van der Waals surface area contributed by atoms with Crippen LogP contribution >= 0.6 is 15.9 Å². The van der Waals surface area contributed by atoms with Crippen LogP contribution in [0.25, 0.3) is 0 Å². The summed E-state index contributed by atoms with van der Waals surface area (Å²) in [4.78, 5) is 19.6. The maximum atomic E-state index is 13.2. The molecule has 1 N–H and O–H groups in total. The van der Waals surface area contributed by atoms with E-state index in [-0.39, 0.29) is 5.91 Å². The van der Waals surface area contributed by atoms with Gasteiger partial charge in [-0.05, 0) is 86.3 Å². The van der Waals surface area contributed by atoms with Gasteiger partial charge >= 0.3 is 5.91 Å². The van der Waals surface area contributed by atoms with Crippen LogP contribution in [-0.2, 0) is 16.8 Å². The summed E-state index contributed by atoms with van der Waals surface area (Å²) < 4.78 is 1.04. The smallest absolute Gasteiger partial charge is 0.308 e. The fraction of sp³-hybridized carbons (Fsp3) is 0.417. The molecule has 4 nitrogen and oxygen atoms in total. The quantitative estimate of drug-likeness (QED) is 0.645. The molecule has 150 valence electrons. The van der Waals surface area contributed by atoms with E-state index >= 15 is 0 Å². The highest BCUT2D eigenvalue weighted by Crippen LogP contribution is 2.47. The van der Waals surface area contributed by atoms with Crippen molar-refractivity contribution >= 4 is 33.3 Å². The normalized spacial score (nSPS) is 20.0. The first-order valence-corrected chi connectivity index (χ1v) is 11.0. The van der Waals surface area contributed by atoms with Crippen molar-refractivity contribution in [2.75, 3.05) is 4.90 Å². The molecule has 1 heterocycles. The lowest BCUT2D eigenvalue weighted by atomic mass is 10.0. The Morgan fingerprint density at radius 2 is 2.14 bits per heavy atom. The summed E-state index contributed by atoms with van der Waals surface area (Å²) in [7, 11) is 0. The highest BCUT2D eigenvalue weighted by Gasteiger charge is 2.36. The van der Waals surface area contributed by atoms with Gasteiger partial charge in [0.25, 0.3) is 0 Å². The number of amides is 1. The minimum absolute atomic E-state index is 0.291. The Kier molecular flexibility index (Phi) is 5.27. The fourth-order valence-corrected chi connectivity index (χ4v) is 4.28. The molecule has 0 saturated heterocycles. The van der Waals surface area contributed by atoms with Crippen LogP contribution in [0.2, 0.25) is 0 Å². The van der Waals surface area contributed by atoms with Gasteiger partial charge in [0, 0.05) is 10.9 Å². The third kappa shape index (κ3) is 3.84. The molecular formula is C24H25BrN2O2. The average molecular weight is 453 g/mol. The topological polar surface area (TPSA) is 53.4 Å². The van der Waals surface area contributed by atoms with E-state index < -0.39 is 5.60 Å². The minimum Gasteiger partial charge on any atom is -0.384 e. The molecular weight excluding hydrogens is 428 g/mol. The zero-order valence-corrected chi connectivity index (χ0v) is 18.6. The molecule has 1 amide bonds. The van der Waals surface area contributed by atoms with Gasteiger partial charge in [-0.25, -0.2) is 4.98 Å². The second kappa shape index (κ2) is 7.59. The van der Waals surface area contributed by atoms with Crippen molar-refractivity contribution < 1.29 is 9.90 Å². The van der Waals surface area contributed by atoms with Gasteiger partial charge in [-0.2, -0.15) is 0 Å². The third-order valence-electron chi connectivity index (χ3n) is 5.73. The van der Waals surface area contributed by atoms with E-state index in [1.165, 1.54) is 0 Å². The molecule has 0 bridgehead atoms. The summed E-state index contributed by atoms with van der Waals surface area (Å²) in [6.45, 7) is 5.73. The maximum absolute atomic E-state index is 13.2. The molecule has 1 aromatic carbocycles. The number of fused-ring (bicyclic) bond motifs is 1. The Morgan fingerprint density at radius 3 is 2.83 bits per heavy atom. The SMILES string of the molecule is CCC#CC(=O)N(c1ccc2c(n1)C(C)(O)CC2)c1cc(C)c(Br)cc1C1CC1. The van der Waals surface area contributed by atoms with Gasteiger partial charge in [0.2, 0.25) is 0 Å². The predicted molar refractivity (Wildman–Crippen MR) is 118 cm³/mol. The number of hydrogen-bond acceptors (Lipinski definition) is 3. The number of benzene rings is 1. The Hall–Kier alpha value is -2.16. The zero-order valence-electron chi connectivity index (χ0n) is 17.1. The van der Waals surface area contributed by atoms with Gasteiger partial charge < -0.3 is 5.11 Å². The second-order valence-corrected chi connectivity index (χ2v) is 9.04. The van der Waals surface area contributed by atoms with Crippen LogP contribution in [0.15, 0.2) is 28.7 Å². The Morgan fingerprint density at radius 1 is 1.38 bits per heavy atom. The summed E-state index contributed by atoms with van der Waals surface area (Å²) in [5, 5.41) is 10.7. The largest absolute Gasteiger partial charge is 0.384 e. The highest BCUT2D eigenvalue weighted by atomic mass is 79.9. The van der Waals surface area contributed by atoms with Crippen molar-refractivity contribution in [3.05, 3.63) is 51.1 Å². The Balaban J connectivity index is 1.89. The van der Waals surface area contributed by atoms with Crippen molar-refractivity contribution in [2.24, 2.45) is 0 Å². The Labute approximate surface area is 180 Å². The molecule has 4 rings (SSSR count). The number of pyridine rings is 1. The fourth-order valence-electron chi connectivity index (χ4n) is 3.92. The van der Waals surface area contributed by atoms with Crippen molar-refractivity contribution in [2.45, 2.75) is 64.4 Å². The molecule has 0 aliphatic heterocycles. The molecule has 1 aromatic heterocycles. The summed E-state index contributed by atoms with van der Waals surface area (Å²) >= 11 is 3.64. The molecule has 2 aliphatic carbocycles. The Bertz CT molecular complexity index is 1040. The van der Waals surface area contributed by atoms with Gasteiger partial charge in [0.05, 0.1) is 11.4 Å². The van der Waals surface area contributed by atoms with Crippen molar-refractivity contribution in [3.63, 3.8) is 0 Å². The lowest BCUT2D eigenvalue weighted by Crippen LogP contribution is -2.28. The van der Waals surface area contributed by atoms with Gasteiger partial charge in [-0.15, -0.1) is 0 Å². The van der Waals surface area contributed by atoms with Crippen LogP contribution in [0.1, 0.15) is 67.8 Å². The number of anilines is 2. The van der Waals surface area contributed by atoms with Crippen molar-refractivity contribution in [1.82, 2.24) is 4.98 Å². The minimum atomic E-state index is -0.968. The lowest BCUT2D eigenvalue weighted by molar-refractivity contribution is -0.112. The third-order valence-corrected chi connectivity index (χ3v) is 6.58. The monoisotopic (exact) mass is 452 g/mol. The number of aromatic nitrogens is 1. The van der Waals surface area contributed by atoms with Crippen molar-refractivity contribution in [1.29, 1.82) is 0 Å². The maximum Gasteiger partial charge on any atom is 0.308 e. The van der Waals surface area contributed by atoms with Gasteiger partial charge in [-0.1, -0.05) is 34.8 Å². The molecule has 1 atom stereocenters. The molecule has 0 radical (unpaired) electrons. The van der Waals surface area contributed by atoms with E-state index in [0.717, 1.165) is 46.1 Å². The first-order chi connectivity index (χ1) is 13.8. The number of halogens is 1. The highest BCUT2D eigenvalue weighted by molar-refractivity contribution is 9.10. The molecule has 1 unspecified atom stereocenters. The first-order valence-electron chi connectivity index (χ1n) is 10.2. The number of carbonyl (C=O) groups is 1. The van der Waals surface area contributed by atoms with Gasteiger partial charge in [-0.3, -0.25) is 9.69 Å². The molecule has 0 spiro atoms. The van der Waals surface area contributed by atoms with Crippen LogP contribution in [0.5, 0.6) is 0 Å². The van der Waals surface area contributed by atoms with E-state index in [1.807, 2.05) is 32.0 Å². The van der Waals surface area contributed by atoms with E-state index in [2.05, 4.69) is 33.8 Å². The molecule has 5 heteroatoms. The van der Waals surface area contributed by atoms with Crippen molar-refractivity contribution in [3.8, 4) is 11.8 Å². The van der Waals surface area contributed by atoms with Crippen LogP contribution in [0.4, 0.5) is 11.5 Å². The van der Waals surface area contributed by atoms with E-state index in [0.29, 0.717) is 30.3 Å². The predicted octanol–water partition coefficient (Wildman–Crippen LogP) is 5.26. The summed E-state index contributed by atoms with van der Waals surface area (Å²) in [5.74, 6) is 6.34. The lowest BCUT2D eigenvalue weighted by Gasteiger charge is -2.25. The van der Waals surface area contributed by atoms with Crippen LogP contribution in [0.3, 0.4) is 0 Å². The van der Waals surface area contributed by atoms with E-state index in [4.69, 9.17) is 4.98 Å². The van der Waals surface area contributed by atoms with E-state index in [9.17, 15) is 9.90 Å². The number of hydrogen-bond donors (Lipinski definition) is 1. The molecule has 2 aliphatic rings. The zero-order chi connectivity index (χ0) is 20.8. The van der Waals surface area contributed by atoms with Crippen LogP contribution < -0.4 is 4.90 Å². The molecule has 1 fully saturated rings. The van der Waals surface area contributed by atoms with E-state index in [1.54, 1.807) is 11.8 Å². The first kappa shape index (κ1) is 20.1.